The van der Waals surface area contributed by atoms with E-state index in [-0.39, 0.29) is 23.6 Å². The molecule has 0 bridgehead atoms. The lowest BCUT2D eigenvalue weighted by molar-refractivity contribution is -0.144. The molecule has 5 nitrogen and oxygen atoms in total. The minimum Gasteiger partial charge on any atom is -0.368 e. The maximum Gasteiger partial charge on any atom is 0.253 e. The van der Waals surface area contributed by atoms with Crippen molar-refractivity contribution in [2.24, 2.45) is 0 Å². The Kier molecular flexibility index (Phi) is 5.04. The molecule has 2 heterocycles. The van der Waals surface area contributed by atoms with Gasteiger partial charge in [-0.3, -0.25) is 9.59 Å². The van der Waals surface area contributed by atoms with Crippen molar-refractivity contribution in [1.82, 2.24) is 9.88 Å². The molecule has 0 radical (unpaired) electrons. The van der Waals surface area contributed by atoms with Crippen LogP contribution in [-0.4, -0.2) is 34.5 Å². The lowest BCUT2D eigenvalue weighted by Gasteiger charge is -2.31. The summed E-state index contributed by atoms with van der Waals surface area (Å²) in [5, 5.41) is 1.02. The monoisotopic (exact) mass is 368 g/mol. The number of amides is 1. The molecule has 4 rings (SSSR count). The Hall–Kier alpha value is -2.14. The summed E-state index contributed by atoms with van der Waals surface area (Å²) >= 11 is 0. The van der Waals surface area contributed by atoms with Crippen molar-refractivity contribution >= 4 is 16.8 Å². The summed E-state index contributed by atoms with van der Waals surface area (Å²) in [4.78, 5) is 30.8. The van der Waals surface area contributed by atoms with Gasteiger partial charge in [-0.2, -0.15) is 0 Å². The highest BCUT2D eigenvalue weighted by Gasteiger charge is 2.34. The fourth-order valence-electron chi connectivity index (χ4n) is 4.43. The van der Waals surface area contributed by atoms with E-state index in [0.717, 1.165) is 60.6 Å². The van der Waals surface area contributed by atoms with Gasteiger partial charge in [0.15, 0.2) is 0 Å². The zero-order chi connectivity index (χ0) is 19.0. The highest BCUT2D eigenvalue weighted by molar-refractivity contribution is 5.84. The molecule has 5 heteroatoms. The van der Waals surface area contributed by atoms with Gasteiger partial charge < -0.3 is 14.6 Å². The Labute approximate surface area is 159 Å². The zero-order valence-electron chi connectivity index (χ0n) is 16.2. The highest BCUT2D eigenvalue weighted by atomic mass is 16.5. The van der Waals surface area contributed by atoms with Crippen LogP contribution in [-0.2, 0) is 16.1 Å². The van der Waals surface area contributed by atoms with Crippen LogP contribution in [0.25, 0.3) is 10.9 Å². The first-order valence-electron chi connectivity index (χ1n) is 10.1. The summed E-state index contributed by atoms with van der Waals surface area (Å²) in [5.41, 5.74) is 3.70. The summed E-state index contributed by atoms with van der Waals surface area (Å²) in [6.45, 7) is 5.09. The Morgan fingerprint density at radius 2 is 1.96 bits per heavy atom. The van der Waals surface area contributed by atoms with Crippen molar-refractivity contribution in [1.29, 1.82) is 0 Å². The quantitative estimate of drug-likeness (QED) is 0.897. The highest BCUT2D eigenvalue weighted by Crippen LogP contribution is 2.28. The molecule has 1 atom stereocenters. The summed E-state index contributed by atoms with van der Waals surface area (Å²) in [6.07, 6.45) is 5.71. The van der Waals surface area contributed by atoms with Crippen LogP contribution in [0, 0.1) is 13.8 Å². The van der Waals surface area contributed by atoms with Crippen molar-refractivity contribution in [3.63, 3.8) is 0 Å². The Bertz CT molecular complexity index is 906. The number of aromatic amines is 1. The molecule has 2 fully saturated rings. The number of hydrogen-bond acceptors (Lipinski definition) is 3. The second-order valence-electron chi connectivity index (χ2n) is 8.00. The SMILES string of the molecule is Cc1ccc2cc(CN(C(=O)C3CCCO3)C3CCCC3)c(=O)[nH]c2c1C. The van der Waals surface area contributed by atoms with E-state index in [2.05, 4.69) is 11.1 Å². The van der Waals surface area contributed by atoms with Crippen molar-refractivity contribution in [3.05, 3.63) is 45.2 Å². The molecule has 27 heavy (non-hydrogen) atoms. The van der Waals surface area contributed by atoms with Crippen molar-refractivity contribution < 1.29 is 9.53 Å². The van der Waals surface area contributed by atoms with Gasteiger partial charge in [0.05, 0.1) is 12.1 Å². The lowest BCUT2D eigenvalue weighted by atomic mass is 10.0. The third-order valence-corrected chi connectivity index (χ3v) is 6.22. The van der Waals surface area contributed by atoms with Crippen molar-refractivity contribution in [2.75, 3.05) is 6.61 Å². The van der Waals surface area contributed by atoms with Gasteiger partial charge in [-0.1, -0.05) is 25.0 Å². The molecule has 2 aromatic rings. The number of nitrogens with zero attached hydrogens (tertiary/aromatic N) is 1. The molecule has 1 unspecified atom stereocenters. The fourth-order valence-corrected chi connectivity index (χ4v) is 4.43. The van der Waals surface area contributed by atoms with Crippen LogP contribution in [0.15, 0.2) is 23.0 Å². The summed E-state index contributed by atoms with van der Waals surface area (Å²) < 4.78 is 5.65. The number of carbonyl (C=O) groups is 1. The molecule has 144 valence electrons. The molecular formula is C22H28N2O3. The van der Waals surface area contributed by atoms with E-state index >= 15 is 0 Å². The van der Waals surface area contributed by atoms with Gasteiger partial charge in [0.2, 0.25) is 0 Å². The van der Waals surface area contributed by atoms with E-state index in [1.165, 1.54) is 0 Å². The largest absolute Gasteiger partial charge is 0.368 e. The van der Waals surface area contributed by atoms with E-state index in [1.54, 1.807) is 0 Å². The Balaban J connectivity index is 1.67. The molecule has 0 spiro atoms. The van der Waals surface area contributed by atoms with Gasteiger partial charge >= 0.3 is 0 Å². The lowest BCUT2D eigenvalue weighted by Crippen LogP contribution is -2.44. The summed E-state index contributed by atoms with van der Waals surface area (Å²) in [7, 11) is 0. The minimum absolute atomic E-state index is 0.0546. The molecule has 1 aliphatic heterocycles. The van der Waals surface area contributed by atoms with E-state index in [9.17, 15) is 9.59 Å². The maximum atomic E-state index is 13.1. The number of nitrogens with one attached hydrogen (secondary N) is 1. The maximum absolute atomic E-state index is 13.1. The normalized spacial score (nSPS) is 20.4. The van der Waals surface area contributed by atoms with Crippen LogP contribution in [0.5, 0.6) is 0 Å². The van der Waals surface area contributed by atoms with Crippen LogP contribution < -0.4 is 5.56 Å². The van der Waals surface area contributed by atoms with E-state index < -0.39 is 0 Å². The van der Waals surface area contributed by atoms with Crippen molar-refractivity contribution in [2.45, 2.75) is 71.1 Å². The van der Waals surface area contributed by atoms with Gasteiger partial charge in [-0.15, -0.1) is 0 Å². The Morgan fingerprint density at radius 1 is 1.19 bits per heavy atom. The number of aromatic nitrogens is 1. The number of rotatable bonds is 4. The molecule has 1 N–H and O–H groups in total. The minimum atomic E-state index is -0.338. The molecule has 1 aromatic carbocycles. The predicted octanol–water partition coefficient (Wildman–Crippen LogP) is 3.60. The number of benzene rings is 1. The number of carbonyl (C=O) groups excluding carboxylic acids is 1. The van der Waals surface area contributed by atoms with Crippen LogP contribution in [0.2, 0.25) is 0 Å². The number of fused-ring (bicyclic) bond motifs is 1. The second-order valence-corrected chi connectivity index (χ2v) is 8.00. The van der Waals surface area contributed by atoms with E-state index in [0.29, 0.717) is 18.7 Å². The number of ether oxygens (including phenoxy) is 1. The van der Waals surface area contributed by atoms with Crippen LogP contribution in [0.4, 0.5) is 0 Å². The van der Waals surface area contributed by atoms with Crippen LogP contribution in [0.3, 0.4) is 0 Å². The molecule has 1 aliphatic carbocycles. The van der Waals surface area contributed by atoms with Gasteiger partial charge in [0.1, 0.15) is 6.10 Å². The average molecular weight is 368 g/mol. The molecule has 1 amide bonds. The fraction of sp³-hybridized carbons (Fsp3) is 0.545. The smallest absolute Gasteiger partial charge is 0.253 e. The third-order valence-electron chi connectivity index (χ3n) is 6.22. The standard InChI is InChI=1S/C22H28N2O3/c1-14-9-10-16-12-17(21(25)23-20(16)15(14)2)13-24(18-6-3-4-7-18)22(26)19-8-5-11-27-19/h9-10,12,18-19H,3-8,11,13H2,1-2H3,(H,23,25). The summed E-state index contributed by atoms with van der Waals surface area (Å²) in [6, 6.07) is 6.28. The Morgan fingerprint density at radius 3 is 2.67 bits per heavy atom. The first-order chi connectivity index (χ1) is 13.0. The predicted molar refractivity (Wildman–Crippen MR) is 106 cm³/mol. The third kappa shape index (κ3) is 3.53. The number of hydrogen-bond donors (Lipinski definition) is 1. The van der Waals surface area contributed by atoms with Crippen molar-refractivity contribution in [3.8, 4) is 0 Å². The van der Waals surface area contributed by atoms with Gasteiger partial charge in [0.25, 0.3) is 11.5 Å². The number of pyridine rings is 1. The number of H-pyrrole nitrogens is 1. The van der Waals surface area contributed by atoms with E-state index in [1.807, 2.05) is 30.9 Å². The van der Waals surface area contributed by atoms with Gasteiger partial charge in [0, 0.05) is 18.2 Å². The van der Waals surface area contributed by atoms with E-state index in [4.69, 9.17) is 4.74 Å². The van der Waals surface area contributed by atoms with Gasteiger partial charge in [-0.05, 0) is 62.1 Å². The first kappa shape index (κ1) is 18.2. The molecule has 1 aromatic heterocycles. The molecular weight excluding hydrogens is 340 g/mol. The second kappa shape index (κ2) is 7.47. The number of aryl methyl sites for hydroxylation is 2. The molecule has 1 saturated heterocycles. The average Bonchev–Trinajstić information content (AvgIpc) is 3.37. The van der Waals surface area contributed by atoms with Gasteiger partial charge in [-0.25, -0.2) is 0 Å². The topological polar surface area (TPSA) is 62.4 Å². The van der Waals surface area contributed by atoms with Crippen LogP contribution >= 0.6 is 0 Å². The van der Waals surface area contributed by atoms with Crippen LogP contribution in [0.1, 0.15) is 55.2 Å². The zero-order valence-corrected chi connectivity index (χ0v) is 16.2. The summed E-state index contributed by atoms with van der Waals surface area (Å²) in [5.74, 6) is 0.0546. The first-order valence-corrected chi connectivity index (χ1v) is 10.1. The molecule has 2 aliphatic rings. The molecule has 1 saturated carbocycles.